The predicted molar refractivity (Wildman–Crippen MR) is 89.1 cm³/mol. The van der Waals surface area contributed by atoms with Gasteiger partial charge >= 0.3 is 29.6 Å². The molecule has 0 aliphatic rings. The molecule has 0 nitrogen and oxygen atoms in total. The Bertz CT molecular complexity index is 268. The van der Waals surface area contributed by atoms with Crippen molar-refractivity contribution in [2.45, 2.75) is 77.6 Å². The van der Waals surface area contributed by atoms with Gasteiger partial charge in [0, 0.05) is 0 Å². The maximum atomic E-state index is 2.28. The van der Waals surface area contributed by atoms with Crippen LogP contribution in [0.15, 0.2) is 30.3 Å². The number of rotatable bonds is 11. The fraction of sp³-hybridized carbons (Fsp3) is 0.667. The van der Waals surface area contributed by atoms with Crippen LogP contribution in [-0.2, 0) is 6.42 Å². The van der Waals surface area contributed by atoms with Crippen LogP contribution in [0.3, 0.4) is 0 Å². The fourth-order valence-corrected chi connectivity index (χ4v) is 2.46. The molecule has 0 aliphatic carbocycles. The first-order chi connectivity index (χ1) is 8.93. The van der Waals surface area contributed by atoms with Crippen molar-refractivity contribution in [3.63, 3.8) is 0 Å². The van der Waals surface area contributed by atoms with E-state index < -0.39 is 0 Å². The minimum absolute atomic E-state index is 0. The summed E-state index contributed by atoms with van der Waals surface area (Å²) in [6, 6.07) is 10.9. The standard InChI is InChI=1S/C18H30.Na.H/c1-2-3-4-5-6-7-8-9-10-12-15-18-16-13-11-14-17-18;;/h11,13-14,16-17H,2-10,12,15H2,1H3;;. The molecule has 0 N–H and O–H groups in total. The Kier molecular flexibility index (Phi) is 14.8. The van der Waals surface area contributed by atoms with Gasteiger partial charge in [0.1, 0.15) is 0 Å². The summed E-state index contributed by atoms with van der Waals surface area (Å²) in [5.74, 6) is 0. The zero-order valence-electron chi connectivity index (χ0n) is 12.2. The van der Waals surface area contributed by atoms with Crippen molar-refractivity contribution < 1.29 is 0 Å². The van der Waals surface area contributed by atoms with E-state index in [1.165, 1.54) is 76.2 Å². The van der Waals surface area contributed by atoms with E-state index in [2.05, 4.69) is 37.3 Å². The van der Waals surface area contributed by atoms with Crippen LogP contribution in [0.1, 0.15) is 76.7 Å². The normalized spacial score (nSPS) is 10.2. The molecule has 0 unspecified atom stereocenters. The van der Waals surface area contributed by atoms with Crippen LogP contribution in [-0.4, -0.2) is 29.6 Å². The summed E-state index contributed by atoms with van der Waals surface area (Å²) in [7, 11) is 0. The summed E-state index contributed by atoms with van der Waals surface area (Å²) in [6.45, 7) is 2.28. The van der Waals surface area contributed by atoms with E-state index in [4.69, 9.17) is 0 Å². The number of aryl methyl sites for hydroxylation is 1. The Morgan fingerprint density at radius 2 is 1.11 bits per heavy atom. The van der Waals surface area contributed by atoms with Gasteiger partial charge in [-0.2, -0.15) is 0 Å². The first-order valence-electron chi connectivity index (χ1n) is 7.97. The molecule has 0 atom stereocenters. The van der Waals surface area contributed by atoms with Crippen LogP contribution < -0.4 is 0 Å². The topological polar surface area (TPSA) is 0 Å². The average molecular weight is 270 g/mol. The first kappa shape index (κ1) is 19.2. The van der Waals surface area contributed by atoms with Crippen LogP contribution >= 0.6 is 0 Å². The van der Waals surface area contributed by atoms with Gasteiger partial charge in [-0.05, 0) is 18.4 Å². The molecule has 0 bridgehead atoms. The zero-order valence-corrected chi connectivity index (χ0v) is 12.2. The summed E-state index contributed by atoms with van der Waals surface area (Å²) in [6.07, 6.45) is 15.5. The second-order valence-electron chi connectivity index (χ2n) is 5.42. The van der Waals surface area contributed by atoms with E-state index in [0.29, 0.717) is 0 Å². The van der Waals surface area contributed by atoms with Crippen molar-refractivity contribution in [1.29, 1.82) is 0 Å². The van der Waals surface area contributed by atoms with Gasteiger partial charge in [0.2, 0.25) is 0 Å². The molecular weight excluding hydrogens is 239 g/mol. The van der Waals surface area contributed by atoms with Gasteiger partial charge in [-0.25, -0.2) is 0 Å². The van der Waals surface area contributed by atoms with Crippen molar-refractivity contribution >= 4 is 29.6 Å². The van der Waals surface area contributed by atoms with E-state index in [9.17, 15) is 0 Å². The van der Waals surface area contributed by atoms with E-state index in [-0.39, 0.29) is 29.6 Å². The van der Waals surface area contributed by atoms with Gasteiger partial charge in [0.05, 0.1) is 0 Å². The molecule has 0 fully saturated rings. The average Bonchev–Trinajstić information content (AvgIpc) is 2.42. The molecule has 0 spiro atoms. The van der Waals surface area contributed by atoms with Gasteiger partial charge in [-0.1, -0.05) is 95.0 Å². The second kappa shape index (κ2) is 14.6. The van der Waals surface area contributed by atoms with E-state index in [0.717, 1.165) is 0 Å². The summed E-state index contributed by atoms with van der Waals surface area (Å²) >= 11 is 0. The van der Waals surface area contributed by atoms with E-state index >= 15 is 0 Å². The van der Waals surface area contributed by atoms with Crippen LogP contribution in [0.2, 0.25) is 0 Å². The van der Waals surface area contributed by atoms with Crippen LogP contribution in [0.25, 0.3) is 0 Å². The Balaban J connectivity index is 0.00000324. The predicted octanol–water partition coefficient (Wildman–Crippen LogP) is 5.50. The van der Waals surface area contributed by atoms with E-state index in [1.54, 1.807) is 0 Å². The Morgan fingerprint density at radius 1 is 0.632 bits per heavy atom. The molecule has 19 heavy (non-hydrogen) atoms. The molecule has 0 saturated carbocycles. The summed E-state index contributed by atoms with van der Waals surface area (Å²) in [5, 5.41) is 0. The van der Waals surface area contributed by atoms with Crippen molar-refractivity contribution in [1.82, 2.24) is 0 Å². The summed E-state index contributed by atoms with van der Waals surface area (Å²) in [4.78, 5) is 0. The Labute approximate surface area is 142 Å². The first-order valence-corrected chi connectivity index (χ1v) is 7.97. The summed E-state index contributed by atoms with van der Waals surface area (Å²) in [5.41, 5.74) is 1.50. The number of unbranched alkanes of at least 4 members (excludes halogenated alkanes) is 9. The third-order valence-electron chi connectivity index (χ3n) is 3.66. The van der Waals surface area contributed by atoms with Crippen molar-refractivity contribution in [2.24, 2.45) is 0 Å². The zero-order chi connectivity index (χ0) is 12.9. The third-order valence-corrected chi connectivity index (χ3v) is 3.66. The maximum absolute atomic E-state index is 2.28. The Morgan fingerprint density at radius 3 is 1.63 bits per heavy atom. The van der Waals surface area contributed by atoms with Crippen LogP contribution in [0.4, 0.5) is 0 Å². The quantitative estimate of drug-likeness (QED) is 0.368. The van der Waals surface area contributed by atoms with Crippen molar-refractivity contribution in [3.8, 4) is 0 Å². The number of benzene rings is 1. The van der Waals surface area contributed by atoms with Crippen molar-refractivity contribution in [2.75, 3.05) is 0 Å². The molecule has 104 valence electrons. The summed E-state index contributed by atoms with van der Waals surface area (Å²) < 4.78 is 0. The van der Waals surface area contributed by atoms with Crippen LogP contribution in [0, 0.1) is 0 Å². The third kappa shape index (κ3) is 11.7. The van der Waals surface area contributed by atoms with Gasteiger partial charge < -0.3 is 0 Å². The van der Waals surface area contributed by atoms with Crippen LogP contribution in [0.5, 0.6) is 0 Å². The minimum atomic E-state index is 0. The van der Waals surface area contributed by atoms with Gasteiger partial charge in [-0.15, -0.1) is 0 Å². The molecule has 0 heterocycles. The molecule has 0 amide bonds. The van der Waals surface area contributed by atoms with Gasteiger partial charge in [-0.3, -0.25) is 0 Å². The van der Waals surface area contributed by atoms with Crippen molar-refractivity contribution in [3.05, 3.63) is 35.9 Å². The fourth-order valence-electron chi connectivity index (χ4n) is 2.46. The molecule has 0 saturated heterocycles. The monoisotopic (exact) mass is 270 g/mol. The number of hydrogen-bond acceptors (Lipinski definition) is 0. The molecule has 1 heteroatoms. The molecular formula is C18H31Na. The molecule has 1 aromatic carbocycles. The molecule has 1 rings (SSSR count). The van der Waals surface area contributed by atoms with E-state index in [1.807, 2.05) is 0 Å². The Hall–Kier alpha value is 0.220. The number of hydrogen-bond donors (Lipinski definition) is 0. The van der Waals surface area contributed by atoms with Gasteiger partial charge in [0.15, 0.2) is 0 Å². The molecule has 0 aliphatic heterocycles. The molecule has 0 aromatic heterocycles. The SMILES string of the molecule is CCCCCCCCCCCCc1ccccc1.[NaH]. The second-order valence-corrected chi connectivity index (χ2v) is 5.42. The molecule has 0 radical (unpaired) electrons. The van der Waals surface area contributed by atoms with Gasteiger partial charge in [0.25, 0.3) is 0 Å². The molecule has 1 aromatic rings.